The fourth-order valence-electron chi connectivity index (χ4n) is 2.66. The molecule has 7 nitrogen and oxygen atoms in total. The Labute approximate surface area is 186 Å². The second-order valence-electron chi connectivity index (χ2n) is 6.38. The van der Waals surface area contributed by atoms with Crippen LogP contribution in [0.5, 0.6) is 5.88 Å². The standard InChI is InChI=1S/C18H28F3N5O2.HI/c1-3-22-17(25-12-14(2)26-7-10-27-11-8-26)23-6-9-28-16-5-4-15(13-24-16)18(19,20)21;/h4-5,13-14H,3,6-12H2,1-2H3,(H2,22,23,25);1H. The third kappa shape index (κ3) is 9.34. The molecule has 0 radical (unpaired) electrons. The van der Waals surface area contributed by atoms with Crippen LogP contribution in [0.4, 0.5) is 13.2 Å². The van der Waals surface area contributed by atoms with Crippen molar-refractivity contribution in [1.82, 2.24) is 20.5 Å². The maximum absolute atomic E-state index is 12.5. The first-order chi connectivity index (χ1) is 13.4. The van der Waals surface area contributed by atoms with Crippen LogP contribution in [0.3, 0.4) is 0 Å². The molecule has 11 heteroatoms. The summed E-state index contributed by atoms with van der Waals surface area (Å²) in [5, 5.41) is 6.31. The summed E-state index contributed by atoms with van der Waals surface area (Å²) in [5.74, 6) is 0.823. The zero-order chi connectivity index (χ0) is 20.4. The lowest BCUT2D eigenvalue weighted by Gasteiger charge is -2.31. The van der Waals surface area contributed by atoms with Crippen LogP contribution >= 0.6 is 24.0 Å². The van der Waals surface area contributed by atoms with E-state index in [9.17, 15) is 13.2 Å². The van der Waals surface area contributed by atoms with Gasteiger partial charge in [-0.1, -0.05) is 0 Å². The molecule has 0 spiro atoms. The number of morpholine rings is 1. The number of ether oxygens (including phenoxy) is 2. The first-order valence-electron chi connectivity index (χ1n) is 9.40. The monoisotopic (exact) mass is 531 g/mol. The number of alkyl halides is 3. The molecule has 0 amide bonds. The number of hydrogen-bond donors (Lipinski definition) is 2. The molecular weight excluding hydrogens is 502 g/mol. The van der Waals surface area contributed by atoms with Gasteiger partial charge in [0.05, 0.1) is 31.9 Å². The van der Waals surface area contributed by atoms with Gasteiger partial charge in [0, 0.05) is 37.9 Å². The minimum Gasteiger partial charge on any atom is -0.476 e. The fraction of sp³-hybridized carbons (Fsp3) is 0.667. The van der Waals surface area contributed by atoms with Crippen molar-refractivity contribution in [2.75, 3.05) is 52.5 Å². The SMILES string of the molecule is CCNC(=NCC(C)N1CCOCC1)NCCOc1ccc(C(F)(F)F)cn1.I. The molecule has 29 heavy (non-hydrogen) atoms. The van der Waals surface area contributed by atoms with Gasteiger partial charge in [-0.3, -0.25) is 9.89 Å². The van der Waals surface area contributed by atoms with Crippen molar-refractivity contribution >= 4 is 29.9 Å². The van der Waals surface area contributed by atoms with E-state index in [-0.39, 0.29) is 36.5 Å². The van der Waals surface area contributed by atoms with Gasteiger partial charge in [0.1, 0.15) is 6.61 Å². The van der Waals surface area contributed by atoms with Crippen molar-refractivity contribution < 1.29 is 22.6 Å². The van der Waals surface area contributed by atoms with E-state index in [0.717, 1.165) is 45.1 Å². The van der Waals surface area contributed by atoms with E-state index in [1.54, 1.807) is 0 Å². The molecule has 1 unspecified atom stereocenters. The molecule has 0 bridgehead atoms. The zero-order valence-corrected chi connectivity index (χ0v) is 19.0. The maximum Gasteiger partial charge on any atom is 0.417 e. The lowest BCUT2D eigenvalue weighted by molar-refractivity contribution is -0.137. The van der Waals surface area contributed by atoms with E-state index < -0.39 is 11.7 Å². The van der Waals surface area contributed by atoms with Crippen LogP contribution in [0.25, 0.3) is 0 Å². The molecule has 1 aromatic rings. The highest BCUT2D eigenvalue weighted by atomic mass is 127. The number of rotatable bonds is 8. The molecule has 0 aliphatic carbocycles. The molecule has 0 aromatic carbocycles. The number of aliphatic imine (C=N–C) groups is 1. The summed E-state index contributed by atoms with van der Waals surface area (Å²) in [6.45, 7) is 9.51. The molecule has 1 atom stereocenters. The smallest absolute Gasteiger partial charge is 0.417 e. The molecule has 166 valence electrons. The second-order valence-corrected chi connectivity index (χ2v) is 6.38. The maximum atomic E-state index is 12.5. The minimum absolute atomic E-state index is 0. The average molecular weight is 531 g/mol. The van der Waals surface area contributed by atoms with Crippen molar-refractivity contribution in [3.05, 3.63) is 23.9 Å². The van der Waals surface area contributed by atoms with Gasteiger partial charge in [-0.15, -0.1) is 24.0 Å². The van der Waals surface area contributed by atoms with Crippen LogP contribution in [0.15, 0.2) is 23.3 Å². The largest absolute Gasteiger partial charge is 0.476 e. The molecule has 1 aliphatic rings. The zero-order valence-electron chi connectivity index (χ0n) is 16.7. The highest BCUT2D eigenvalue weighted by Gasteiger charge is 2.30. The summed E-state index contributed by atoms with van der Waals surface area (Å²) < 4.78 is 48.3. The van der Waals surface area contributed by atoms with Gasteiger partial charge < -0.3 is 20.1 Å². The van der Waals surface area contributed by atoms with Crippen molar-refractivity contribution in [3.63, 3.8) is 0 Å². The van der Waals surface area contributed by atoms with E-state index in [4.69, 9.17) is 9.47 Å². The Balaban J connectivity index is 0.00000420. The summed E-state index contributed by atoms with van der Waals surface area (Å²) in [5.41, 5.74) is -0.797. The summed E-state index contributed by atoms with van der Waals surface area (Å²) in [7, 11) is 0. The highest BCUT2D eigenvalue weighted by Crippen LogP contribution is 2.29. The van der Waals surface area contributed by atoms with E-state index in [1.807, 2.05) is 6.92 Å². The summed E-state index contributed by atoms with van der Waals surface area (Å²) in [6, 6.07) is 2.48. The number of aromatic nitrogens is 1. The fourth-order valence-corrected chi connectivity index (χ4v) is 2.66. The van der Waals surface area contributed by atoms with Crippen LogP contribution in [0, 0.1) is 0 Å². The van der Waals surface area contributed by atoms with Crippen molar-refractivity contribution in [1.29, 1.82) is 0 Å². The molecule has 2 rings (SSSR count). The molecule has 0 saturated carbocycles. The molecule has 2 N–H and O–H groups in total. The Kier molecular flexibility index (Phi) is 11.6. The van der Waals surface area contributed by atoms with Crippen LogP contribution < -0.4 is 15.4 Å². The van der Waals surface area contributed by atoms with Crippen LogP contribution in [0.2, 0.25) is 0 Å². The Morgan fingerprint density at radius 2 is 2.03 bits per heavy atom. The lowest BCUT2D eigenvalue weighted by atomic mass is 10.2. The summed E-state index contributed by atoms with van der Waals surface area (Å²) in [4.78, 5) is 10.6. The summed E-state index contributed by atoms with van der Waals surface area (Å²) in [6.07, 6.45) is -3.63. The predicted octanol–water partition coefficient (Wildman–Crippen LogP) is 2.37. The van der Waals surface area contributed by atoms with Crippen LogP contribution in [-0.2, 0) is 10.9 Å². The number of pyridine rings is 1. The molecule has 1 saturated heterocycles. The van der Waals surface area contributed by atoms with E-state index in [2.05, 4.69) is 32.4 Å². The van der Waals surface area contributed by atoms with Gasteiger partial charge in [0.2, 0.25) is 5.88 Å². The third-order valence-electron chi connectivity index (χ3n) is 4.23. The number of guanidine groups is 1. The number of halogens is 4. The first kappa shape index (κ1) is 25.7. The molecular formula is C18H29F3IN5O2. The third-order valence-corrected chi connectivity index (χ3v) is 4.23. The topological polar surface area (TPSA) is 71.0 Å². The van der Waals surface area contributed by atoms with Gasteiger partial charge in [0.15, 0.2) is 5.96 Å². The molecule has 1 aliphatic heterocycles. The number of hydrogen-bond acceptors (Lipinski definition) is 5. The molecule has 2 heterocycles. The van der Waals surface area contributed by atoms with Crippen molar-refractivity contribution in [3.8, 4) is 5.88 Å². The molecule has 1 aromatic heterocycles. The predicted molar refractivity (Wildman–Crippen MR) is 116 cm³/mol. The van der Waals surface area contributed by atoms with Crippen LogP contribution in [-0.4, -0.2) is 74.4 Å². The first-order valence-corrected chi connectivity index (χ1v) is 9.40. The second kappa shape index (κ2) is 13.1. The Morgan fingerprint density at radius 1 is 1.31 bits per heavy atom. The number of nitrogens with one attached hydrogen (secondary N) is 2. The minimum atomic E-state index is -4.40. The van der Waals surface area contributed by atoms with E-state index in [0.29, 0.717) is 25.1 Å². The Hall–Kier alpha value is -1.34. The van der Waals surface area contributed by atoms with Crippen LogP contribution in [0.1, 0.15) is 19.4 Å². The van der Waals surface area contributed by atoms with Gasteiger partial charge in [-0.25, -0.2) is 4.98 Å². The van der Waals surface area contributed by atoms with Crippen molar-refractivity contribution in [2.24, 2.45) is 4.99 Å². The summed E-state index contributed by atoms with van der Waals surface area (Å²) >= 11 is 0. The highest BCUT2D eigenvalue weighted by molar-refractivity contribution is 14.0. The Morgan fingerprint density at radius 3 is 2.62 bits per heavy atom. The van der Waals surface area contributed by atoms with Gasteiger partial charge in [0.25, 0.3) is 0 Å². The Bertz CT molecular complexity index is 611. The van der Waals surface area contributed by atoms with Gasteiger partial charge in [-0.05, 0) is 19.9 Å². The number of nitrogens with zero attached hydrogens (tertiary/aromatic N) is 3. The van der Waals surface area contributed by atoms with E-state index >= 15 is 0 Å². The van der Waals surface area contributed by atoms with Gasteiger partial charge >= 0.3 is 6.18 Å². The van der Waals surface area contributed by atoms with Gasteiger partial charge in [-0.2, -0.15) is 13.2 Å². The lowest BCUT2D eigenvalue weighted by Crippen LogP contribution is -2.45. The quantitative estimate of drug-likeness (QED) is 0.233. The normalized spacial score (nSPS) is 16.7. The molecule has 1 fully saturated rings. The average Bonchev–Trinajstić information content (AvgIpc) is 2.69. The van der Waals surface area contributed by atoms with E-state index in [1.165, 1.54) is 6.07 Å². The van der Waals surface area contributed by atoms with Crippen molar-refractivity contribution in [2.45, 2.75) is 26.1 Å².